The van der Waals surface area contributed by atoms with Gasteiger partial charge in [0.15, 0.2) is 0 Å². The van der Waals surface area contributed by atoms with Crippen molar-refractivity contribution in [3.63, 3.8) is 0 Å². The van der Waals surface area contributed by atoms with E-state index in [9.17, 15) is 9.59 Å². The summed E-state index contributed by atoms with van der Waals surface area (Å²) in [6.07, 6.45) is 2.34. The van der Waals surface area contributed by atoms with Crippen LogP contribution >= 0.6 is 0 Å². The Morgan fingerprint density at radius 2 is 1.93 bits per heavy atom. The molecule has 0 saturated heterocycles. The van der Waals surface area contributed by atoms with Gasteiger partial charge in [-0.1, -0.05) is 20.8 Å². The quantitative estimate of drug-likeness (QED) is 0.760. The molecule has 3 nitrogen and oxygen atoms in total. The fraction of sp³-hybridized carbons (Fsp3) is 0.833. The first kappa shape index (κ1) is 10.7. The van der Waals surface area contributed by atoms with E-state index >= 15 is 0 Å². The fourth-order valence-electron chi connectivity index (χ4n) is 3.66. The maximum absolute atomic E-state index is 12.0. The number of hydrogen-bond acceptors (Lipinski definition) is 2. The molecule has 2 rings (SSSR count). The number of Topliss-reactive ketones (excluding diaryl/α,β-unsaturated/α-hetero) is 1. The molecule has 0 amide bonds. The highest BCUT2D eigenvalue weighted by atomic mass is 16.4. The van der Waals surface area contributed by atoms with Crippen LogP contribution in [-0.4, -0.2) is 16.9 Å². The van der Waals surface area contributed by atoms with Crippen LogP contribution in [0.5, 0.6) is 0 Å². The molecule has 2 saturated carbocycles. The average molecular weight is 210 g/mol. The Morgan fingerprint density at radius 3 is 2.27 bits per heavy atom. The molecule has 0 heterocycles. The average Bonchev–Trinajstić information content (AvgIpc) is 2.33. The maximum atomic E-state index is 12.0. The lowest BCUT2D eigenvalue weighted by Gasteiger charge is -2.39. The minimum absolute atomic E-state index is 0.140. The Bertz CT molecular complexity index is 341. The maximum Gasteiger partial charge on any atom is 0.303 e. The highest BCUT2D eigenvalue weighted by Crippen LogP contribution is 2.71. The Balaban J connectivity index is 2.44. The SMILES string of the molecule is CC1(C)[C@@]2(CC(=O)O)CC[C@@]1(C)C(=O)C2. The molecule has 0 aromatic rings. The molecule has 2 aliphatic carbocycles. The van der Waals surface area contributed by atoms with Crippen molar-refractivity contribution in [2.75, 3.05) is 0 Å². The molecule has 2 atom stereocenters. The molecule has 3 heteroatoms. The fourth-order valence-corrected chi connectivity index (χ4v) is 3.66. The molecule has 2 aliphatic rings. The van der Waals surface area contributed by atoms with Crippen molar-refractivity contribution in [2.45, 2.75) is 46.5 Å². The number of carboxylic acid groups (broad SMARTS) is 1. The Kier molecular flexibility index (Phi) is 1.87. The number of fused-ring (bicyclic) bond motifs is 2. The molecule has 0 radical (unpaired) electrons. The summed E-state index contributed by atoms with van der Waals surface area (Å²) in [4.78, 5) is 22.9. The first-order valence-corrected chi connectivity index (χ1v) is 5.50. The summed E-state index contributed by atoms with van der Waals surface area (Å²) in [6, 6.07) is 0. The second-order valence-corrected chi connectivity index (χ2v) is 5.91. The van der Waals surface area contributed by atoms with Crippen molar-refractivity contribution in [1.29, 1.82) is 0 Å². The molecule has 2 fully saturated rings. The van der Waals surface area contributed by atoms with Crippen LogP contribution in [0.4, 0.5) is 0 Å². The Morgan fingerprint density at radius 1 is 1.33 bits per heavy atom. The van der Waals surface area contributed by atoms with Crippen LogP contribution in [0.15, 0.2) is 0 Å². The number of carboxylic acids is 1. The largest absolute Gasteiger partial charge is 0.481 e. The van der Waals surface area contributed by atoms with E-state index < -0.39 is 5.97 Å². The van der Waals surface area contributed by atoms with E-state index in [0.717, 1.165) is 12.8 Å². The summed E-state index contributed by atoms with van der Waals surface area (Å²) in [7, 11) is 0. The number of rotatable bonds is 2. The Labute approximate surface area is 89.9 Å². The van der Waals surface area contributed by atoms with Gasteiger partial charge in [0.2, 0.25) is 0 Å². The summed E-state index contributed by atoms with van der Waals surface area (Å²) < 4.78 is 0. The van der Waals surface area contributed by atoms with E-state index in [1.165, 1.54) is 0 Å². The summed E-state index contributed by atoms with van der Waals surface area (Å²) >= 11 is 0. The van der Waals surface area contributed by atoms with Crippen LogP contribution in [0, 0.1) is 16.2 Å². The van der Waals surface area contributed by atoms with Gasteiger partial charge in [0, 0.05) is 11.8 Å². The number of hydrogen-bond donors (Lipinski definition) is 1. The van der Waals surface area contributed by atoms with Gasteiger partial charge in [-0.3, -0.25) is 9.59 Å². The molecule has 1 N–H and O–H groups in total. The monoisotopic (exact) mass is 210 g/mol. The summed E-state index contributed by atoms with van der Waals surface area (Å²) in [5, 5.41) is 8.98. The number of carbonyl (C=O) groups is 2. The van der Waals surface area contributed by atoms with Crippen LogP contribution in [0.25, 0.3) is 0 Å². The lowest BCUT2D eigenvalue weighted by atomic mass is 9.64. The highest BCUT2D eigenvalue weighted by Gasteiger charge is 2.69. The van der Waals surface area contributed by atoms with E-state index in [2.05, 4.69) is 13.8 Å². The molecule has 0 aromatic heterocycles. The second-order valence-electron chi connectivity index (χ2n) is 5.91. The number of ketones is 1. The molecule has 15 heavy (non-hydrogen) atoms. The highest BCUT2D eigenvalue weighted by molar-refractivity contribution is 5.91. The molecular weight excluding hydrogens is 192 g/mol. The summed E-state index contributed by atoms with van der Waals surface area (Å²) in [5.74, 6) is -0.512. The number of aliphatic carboxylic acids is 1. The summed E-state index contributed by atoms with van der Waals surface area (Å²) in [5.41, 5.74) is -0.747. The van der Waals surface area contributed by atoms with Crippen molar-refractivity contribution < 1.29 is 14.7 Å². The lowest BCUT2D eigenvalue weighted by Crippen LogP contribution is -2.36. The standard InChI is InChI=1S/C12H18O3/c1-10(2)11(3)4-5-12(10,6-8(11)13)7-9(14)15/h4-7H2,1-3H3,(H,14,15)/t11-,12-/m0/s1. The molecule has 0 spiro atoms. The normalized spacial score (nSPS) is 42.2. The van der Waals surface area contributed by atoms with Crippen LogP contribution in [0.3, 0.4) is 0 Å². The first-order chi connectivity index (χ1) is 6.75. The van der Waals surface area contributed by atoms with Crippen LogP contribution in [0.2, 0.25) is 0 Å². The number of carbonyl (C=O) groups excluding carboxylic acids is 1. The smallest absolute Gasteiger partial charge is 0.303 e. The van der Waals surface area contributed by atoms with Crippen molar-refractivity contribution >= 4 is 11.8 Å². The first-order valence-electron chi connectivity index (χ1n) is 5.50. The van der Waals surface area contributed by atoms with Gasteiger partial charge in [-0.15, -0.1) is 0 Å². The Hall–Kier alpha value is -0.860. The summed E-state index contributed by atoms with van der Waals surface area (Å²) in [6.45, 7) is 6.13. The molecule has 0 aliphatic heterocycles. The topological polar surface area (TPSA) is 54.4 Å². The van der Waals surface area contributed by atoms with Crippen molar-refractivity contribution in [3.05, 3.63) is 0 Å². The molecule has 2 bridgehead atoms. The van der Waals surface area contributed by atoms with Gasteiger partial charge in [0.1, 0.15) is 5.78 Å². The second kappa shape index (κ2) is 2.63. The van der Waals surface area contributed by atoms with E-state index in [4.69, 9.17) is 5.11 Å². The molecular formula is C12H18O3. The van der Waals surface area contributed by atoms with Gasteiger partial charge in [-0.2, -0.15) is 0 Å². The van der Waals surface area contributed by atoms with Gasteiger partial charge in [-0.05, 0) is 23.7 Å². The molecule has 0 unspecified atom stereocenters. The third-order valence-corrected chi connectivity index (χ3v) is 5.41. The zero-order chi connectivity index (χ0) is 11.5. The lowest BCUT2D eigenvalue weighted by molar-refractivity contribution is -0.141. The van der Waals surface area contributed by atoms with Gasteiger partial charge >= 0.3 is 5.97 Å². The zero-order valence-corrected chi connectivity index (χ0v) is 9.59. The third-order valence-electron chi connectivity index (χ3n) is 5.41. The van der Waals surface area contributed by atoms with Gasteiger partial charge < -0.3 is 5.11 Å². The predicted octanol–water partition coefficient (Wildman–Crippen LogP) is 2.25. The van der Waals surface area contributed by atoms with E-state index in [1.54, 1.807) is 0 Å². The van der Waals surface area contributed by atoms with E-state index in [0.29, 0.717) is 6.42 Å². The van der Waals surface area contributed by atoms with Gasteiger partial charge in [0.05, 0.1) is 6.42 Å². The minimum atomic E-state index is -0.776. The zero-order valence-electron chi connectivity index (χ0n) is 9.59. The van der Waals surface area contributed by atoms with Crippen LogP contribution < -0.4 is 0 Å². The van der Waals surface area contributed by atoms with Gasteiger partial charge in [0.25, 0.3) is 0 Å². The molecule has 0 aromatic carbocycles. The van der Waals surface area contributed by atoms with Crippen LogP contribution in [0.1, 0.15) is 46.5 Å². The molecule has 84 valence electrons. The third kappa shape index (κ3) is 1.01. The predicted molar refractivity (Wildman–Crippen MR) is 55.4 cm³/mol. The van der Waals surface area contributed by atoms with E-state index in [1.807, 2.05) is 6.92 Å². The van der Waals surface area contributed by atoms with Crippen molar-refractivity contribution in [3.8, 4) is 0 Å². The van der Waals surface area contributed by atoms with Crippen LogP contribution in [-0.2, 0) is 9.59 Å². The van der Waals surface area contributed by atoms with Crippen molar-refractivity contribution in [1.82, 2.24) is 0 Å². The van der Waals surface area contributed by atoms with Gasteiger partial charge in [-0.25, -0.2) is 0 Å². The minimum Gasteiger partial charge on any atom is -0.481 e. The van der Waals surface area contributed by atoms with Crippen molar-refractivity contribution in [2.24, 2.45) is 16.2 Å². The van der Waals surface area contributed by atoms with E-state index in [-0.39, 0.29) is 28.4 Å².